The van der Waals surface area contributed by atoms with Crippen molar-refractivity contribution in [2.24, 2.45) is 0 Å². The van der Waals surface area contributed by atoms with Gasteiger partial charge in [-0.3, -0.25) is 4.90 Å². The monoisotopic (exact) mass is 333 g/mol. The molecule has 132 valence electrons. The zero-order chi connectivity index (χ0) is 16.9. The van der Waals surface area contributed by atoms with E-state index in [2.05, 4.69) is 28.5 Å². The van der Waals surface area contributed by atoms with Gasteiger partial charge in [0.1, 0.15) is 0 Å². The summed E-state index contributed by atoms with van der Waals surface area (Å²) in [5.41, 5.74) is 1.16. The molecule has 0 radical (unpaired) electrons. The highest BCUT2D eigenvalue weighted by molar-refractivity contribution is 5.74. The molecule has 0 bridgehead atoms. The summed E-state index contributed by atoms with van der Waals surface area (Å²) < 4.78 is 10.9. The second kappa shape index (κ2) is 7.75. The van der Waals surface area contributed by atoms with Gasteiger partial charge in [0.05, 0.1) is 6.04 Å². The van der Waals surface area contributed by atoms with E-state index in [9.17, 15) is 4.79 Å². The number of benzene rings is 1. The molecule has 6 heteroatoms. The molecule has 2 N–H and O–H groups in total. The van der Waals surface area contributed by atoms with Crippen LogP contribution in [-0.2, 0) is 0 Å². The number of nitrogens with zero attached hydrogens (tertiary/aromatic N) is 1. The molecule has 2 aliphatic heterocycles. The molecule has 2 atom stereocenters. The normalized spacial score (nSPS) is 19.1. The Morgan fingerprint density at radius 2 is 2.00 bits per heavy atom. The van der Waals surface area contributed by atoms with Crippen molar-refractivity contribution < 1.29 is 14.3 Å². The minimum absolute atomic E-state index is 0.103. The summed E-state index contributed by atoms with van der Waals surface area (Å²) in [7, 11) is 0. The molecule has 0 spiro atoms. The molecular weight excluding hydrogens is 306 g/mol. The molecule has 1 fully saturated rings. The number of ether oxygens (including phenoxy) is 2. The quantitative estimate of drug-likeness (QED) is 0.840. The molecule has 6 nitrogen and oxygen atoms in total. The molecule has 3 rings (SSSR count). The predicted octanol–water partition coefficient (Wildman–Crippen LogP) is 2.65. The number of nitrogens with one attached hydrogen (secondary N) is 2. The van der Waals surface area contributed by atoms with Crippen LogP contribution in [0.1, 0.15) is 44.7 Å². The molecule has 2 amide bonds. The first kappa shape index (κ1) is 16.9. The van der Waals surface area contributed by atoms with Crippen LogP contribution < -0.4 is 20.1 Å². The van der Waals surface area contributed by atoms with Crippen molar-refractivity contribution in [2.45, 2.75) is 45.2 Å². The first-order valence-corrected chi connectivity index (χ1v) is 8.85. The SMILES string of the molecule is CCC(C)NC(=O)NCC(c1ccc2c(c1)OCO2)N1CCCC1. The Morgan fingerprint density at radius 3 is 2.75 bits per heavy atom. The molecule has 1 saturated heterocycles. The van der Waals surface area contributed by atoms with Crippen LogP contribution in [0.15, 0.2) is 18.2 Å². The number of likely N-dealkylation sites (tertiary alicyclic amines) is 1. The van der Waals surface area contributed by atoms with Gasteiger partial charge >= 0.3 is 6.03 Å². The highest BCUT2D eigenvalue weighted by atomic mass is 16.7. The van der Waals surface area contributed by atoms with Crippen molar-refractivity contribution in [3.63, 3.8) is 0 Å². The van der Waals surface area contributed by atoms with Crippen LogP contribution in [0.25, 0.3) is 0 Å². The molecule has 2 heterocycles. The Balaban J connectivity index is 1.68. The second-order valence-corrected chi connectivity index (χ2v) is 6.54. The van der Waals surface area contributed by atoms with Crippen LogP contribution in [-0.4, -0.2) is 43.4 Å². The summed E-state index contributed by atoms with van der Waals surface area (Å²) in [6.07, 6.45) is 3.34. The lowest BCUT2D eigenvalue weighted by Crippen LogP contribution is -2.44. The molecule has 2 aliphatic rings. The van der Waals surface area contributed by atoms with E-state index in [1.165, 1.54) is 12.8 Å². The van der Waals surface area contributed by atoms with E-state index in [4.69, 9.17) is 9.47 Å². The molecule has 1 aromatic carbocycles. The van der Waals surface area contributed by atoms with Gasteiger partial charge < -0.3 is 20.1 Å². The maximum atomic E-state index is 12.1. The number of fused-ring (bicyclic) bond motifs is 1. The first-order chi connectivity index (χ1) is 11.7. The second-order valence-electron chi connectivity index (χ2n) is 6.54. The zero-order valence-electron chi connectivity index (χ0n) is 14.5. The van der Waals surface area contributed by atoms with Gasteiger partial charge in [0.15, 0.2) is 11.5 Å². The van der Waals surface area contributed by atoms with Crippen molar-refractivity contribution in [2.75, 3.05) is 26.4 Å². The van der Waals surface area contributed by atoms with Gasteiger partial charge in [0, 0.05) is 12.6 Å². The third kappa shape index (κ3) is 3.93. The van der Waals surface area contributed by atoms with Crippen LogP contribution >= 0.6 is 0 Å². The van der Waals surface area contributed by atoms with Crippen LogP contribution in [0, 0.1) is 0 Å². The number of hydrogen-bond donors (Lipinski definition) is 2. The van der Waals surface area contributed by atoms with Crippen molar-refractivity contribution in [1.29, 1.82) is 0 Å². The minimum Gasteiger partial charge on any atom is -0.454 e. The highest BCUT2D eigenvalue weighted by Gasteiger charge is 2.26. The Kier molecular flexibility index (Phi) is 5.45. The Labute approximate surface area is 143 Å². The summed E-state index contributed by atoms with van der Waals surface area (Å²) in [5.74, 6) is 1.59. The van der Waals surface area contributed by atoms with Crippen molar-refractivity contribution in [3.05, 3.63) is 23.8 Å². The topological polar surface area (TPSA) is 62.8 Å². The van der Waals surface area contributed by atoms with Crippen LogP contribution in [0.5, 0.6) is 11.5 Å². The number of carbonyl (C=O) groups is 1. The van der Waals surface area contributed by atoms with E-state index in [0.717, 1.165) is 36.6 Å². The van der Waals surface area contributed by atoms with Gasteiger partial charge in [-0.15, -0.1) is 0 Å². The van der Waals surface area contributed by atoms with E-state index in [1.54, 1.807) is 0 Å². The summed E-state index contributed by atoms with van der Waals surface area (Å²) in [4.78, 5) is 14.5. The molecule has 0 aromatic heterocycles. The highest BCUT2D eigenvalue weighted by Crippen LogP contribution is 2.36. The number of amides is 2. The van der Waals surface area contributed by atoms with Gasteiger partial charge in [-0.2, -0.15) is 0 Å². The fraction of sp³-hybridized carbons (Fsp3) is 0.611. The Bertz CT molecular complexity index is 573. The van der Waals surface area contributed by atoms with E-state index < -0.39 is 0 Å². The molecule has 2 unspecified atom stereocenters. The largest absolute Gasteiger partial charge is 0.454 e. The first-order valence-electron chi connectivity index (χ1n) is 8.85. The lowest BCUT2D eigenvalue weighted by Gasteiger charge is -2.28. The number of rotatable bonds is 6. The lowest BCUT2D eigenvalue weighted by molar-refractivity contribution is 0.173. The van der Waals surface area contributed by atoms with Crippen LogP contribution in [0.2, 0.25) is 0 Å². The van der Waals surface area contributed by atoms with Gasteiger partial charge in [0.25, 0.3) is 0 Å². The fourth-order valence-electron chi connectivity index (χ4n) is 3.20. The molecular formula is C18H27N3O3. The smallest absolute Gasteiger partial charge is 0.315 e. The van der Waals surface area contributed by atoms with E-state index in [0.29, 0.717) is 6.54 Å². The maximum Gasteiger partial charge on any atom is 0.315 e. The van der Waals surface area contributed by atoms with Crippen LogP contribution in [0.3, 0.4) is 0 Å². The molecule has 24 heavy (non-hydrogen) atoms. The summed E-state index contributed by atoms with van der Waals surface area (Å²) >= 11 is 0. The molecule has 0 aliphatic carbocycles. The summed E-state index contributed by atoms with van der Waals surface area (Å²) in [6, 6.07) is 6.31. The zero-order valence-corrected chi connectivity index (χ0v) is 14.5. The molecule has 1 aromatic rings. The average molecular weight is 333 g/mol. The van der Waals surface area contributed by atoms with Crippen molar-refractivity contribution >= 4 is 6.03 Å². The Hall–Kier alpha value is -1.95. The van der Waals surface area contributed by atoms with Crippen molar-refractivity contribution in [1.82, 2.24) is 15.5 Å². The lowest BCUT2D eigenvalue weighted by atomic mass is 10.0. The summed E-state index contributed by atoms with van der Waals surface area (Å²) in [6.45, 7) is 7.06. The van der Waals surface area contributed by atoms with E-state index in [-0.39, 0.29) is 24.9 Å². The van der Waals surface area contributed by atoms with Crippen molar-refractivity contribution in [3.8, 4) is 11.5 Å². The predicted molar refractivity (Wildman–Crippen MR) is 92.4 cm³/mol. The van der Waals surface area contributed by atoms with Gasteiger partial charge in [0.2, 0.25) is 6.79 Å². The number of urea groups is 1. The number of hydrogen-bond acceptors (Lipinski definition) is 4. The van der Waals surface area contributed by atoms with Crippen LogP contribution in [0.4, 0.5) is 4.79 Å². The maximum absolute atomic E-state index is 12.1. The third-order valence-corrected chi connectivity index (χ3v) is 4.81. The number of carbonyl (C=O) groups excluding carboxylic acids is 1. The van der Waals surface area contributed by atoms with E-state index >= 15 is 0 Å². The Morgan fingerprint density at radius 1 is 1.25 bits per heavy atom. The van der Waals surface area contributed by atoms with Gasteiger partial charge in [-0.05, 0) is 57.0 Å². The molecule has 0 saturated carbocycles. The van der Waals surface area contributed by atoms with Gasteiger partial charge in [-0.1, -0.05) is 13.0 Å². The average Bonchev–Trinajstić information content (AvgIpc) is 3.26. The minimum atomic E-state index is -0.103. The standard InChI is InChI=1S/C18H27N3O3/c1-3-13(2)20-18(22)19-11-15(21-8-4-5-9-21)14-6-7-16-17(10-14)24-12-23-16/h6-7,10,13,15H,3-5,8-9,11-12H2,1-2H3,(H2,19,20,22). The van der Waals surface area contributed by atoms with Gasteiger partial charge in [-0.25, -0.2) is 4.79 Å². The summed E-state index contributed by atoms with van der Waals surface area (Å²) in [5, 5.41) is 5.98. The fourth-order valence-corrected chi connectivity index (χ4v) is 3.20. The third-order valence-electron chi connectivity index (χ3n) is 4.81. The van der Waals surface area contributed by atoms with E-state index in [1.807, 2.05) is 19.1 Å².